The molecule has 1 aromatic heterocycles. The molecular weight excluding hydrogens is 292 g/mol. The van der Waals surface area contributed by atoms with Crippen LogP contribution in [0.15, 0.2) is 18.2 Å². The minimum atomic E-state index is 0.422. The van der Waals surface area contributed by atoms with Gasteiger partial charge in [-0.1, -0.05) is 0 Å². The number of nitrogens with zero attached hydrogens (tertiary/aromatic N) is 2. The van der Waals surface area contributed by atoms with Gasteiger partial charge in [-0.05, 0) is 25.1 Å². The maximum Gasteiger partial charge on any atom is 0.203 e. The Kier molecular flexibility index (Phi) is 4.96. The molecule has 1 heterocycles. The number of benzene rings is 1. The zero-order valence-electron chi connectivity index (χ0n) is 12.6. The molecule has 0 bridgehead atoms. The molecule has 0 atom stereocenters. The van der Waals surface area contributed by atoms with Gasteiger partial charge in [-0.25, -0.2) is 0 Å². The van der Waals surface area contributed by atoms with Gasteiger partial charge in [-0.2, -0.15) is 5.10 Å². The second-order valence-electron chi connectivity index (χ2n) is 4.38. The van der Waals surface area contributed by atoms with Gasteiger partial charge in [0.15, 0.2) is 11.5 Å². The second kappa shape index (κ2) is 6.72. The maximum atomic E-state index is 5.95. The molecule has 2 aromatic rings. The van der Waals surface area contributed by atoms with Crippen molar-refractivity contribution in [1.29, 1.82) is 0 Å². The number of rotatable bonds is 6. The first-order valence-electron chi connectivity index (χ1n) is 6.61. The lowest BCUT2D eigenvalue weighted by atomic mass is 10.1. The van der Waals surface area contributed by atoms with Crippen LogP contribution in [0.4, 0.5) is 0 Å². The minimum absolute atomic E-state index is 0.422. The lowest BCUT2D eigenvalue weighted by Gasteiger charge is -2.13. The Hall–Kier alpha value is -1.88. The smallest absolute Gasteiger partial charge is 0.203 e. The van der Waals surface area contributed by atoms with Crippen molar-refractivity contribution in [2.24, 2.45) is 0 Å². The second-order valence-corrected chi connectivity index (χ2v) is 4.65. The number of aryl methyl sites for hydroxylation is 1. The van der Waals surface area contributed by atoms with Crippen LogP contribution in [-0.4, -0.2) is 31.1 Å². The van der Waals surface area contributed by atoms with Crippen LogP contribution >= 0.6 is 11.6 Å². The summed E-state index contributed by atoms with van der Waals surface area (Å²) in [6, 6.07) is 5.72. The number of ether oxygens (including phenoxy) is 3. The monoisotopic (exact) mass is 310 g/mol. The average molecular weight is 311 g/mol. The molecular formula is C15H19ClN2O3. The molecule has 0 unspecified atom stereocenters. The van der Waals surface area contributed by atoms with E-state index < -0.39 is 0 Å². The van der Waals surface area contributed by atoms with E-state index in [0.717, 1.165) is 23.5 Å². The Morgan fingerprint density at radius 2 is 1.67 bits per heavy atom. The first kappa shape index (κ1) is 15.5. The highest BCUT2D eigenvalue weighted by Crippen LogP contribution is 2.41. The van der Waals surface area contributed by atoms with Gasteiger partial charge in [-0.3, -0.25) is 4.68 Å². The fourth-order valence-electron chi connectivity index (χ4n) is 2.21. The molecule has 5 nitrogen and oxygen atoms in total. The summed E-state index contributed by atoms with van der Waals surface area (Å²) in [6.07, 6.45) is 0. The number of hydrogen-bond acceptors (Lipinski definition) is 4. The van der Waals surface area contributed by atoms with Gasteiger partial charge >= 0.3 is 0 Å². The molecule has 0 N–H and O–H groups in total. The number of aromatic nitrogens is 2. The molecule has 0 amide bonds. The van der Waals surface area contributed by atoms with Crippen molar-refractivity contribution in [2.45, 2.75) is 19.3 Å². The van der Waals surface area contributed by atoms with E-state index in [1.54, 1.807) is 21.3 Å². The minimum Gasteiger partial charge on any atom is -0.493 e. The summed E-state index contributed by atoms with van der Waals surface area (Å²) in [4.78, 5) is 0. The highest BCUT2D eigenvalue weighted by atomic mass is 35.5. The van der Waals surface area contributed by atoms with Gasteiger partial charge in [-0.15, -0.1) is 11.6 Å². The van der Waals surface area contributed by atoms with Gasteiger partial charge in [0.05, 0.1) is 38.6 Å². The van der Waals surface area contributed by atoms with Crippen molar-refractivity contribution in [3.8, 4) is 28.5 Å². The number of methoxy groups -OCH3 is 3. The van der Waals surface area contributed by atoms with E-state index in [1.807, 2.05) is 29.8 Å². The van der Waals surface area contributed by atoms with Crippen molar-refractivity contribution in [2.75, 3.05) is 21.3 Å². The third kappa shape index (κ3) is 2.93. The fraction of sp³-hybridized carbons (Fsp3) is 0.400. The van der Waals surface area contributed by atoms with E-state index in [0.29, 0.717) is 23.1 Å². The highest BCUT2D eigenvalue weighted by molar-refractivity contribution is 6.16. The summed E-state index contributed by atoms with van der Waals surface area (Å²) in [5.74, 6) is 2.19. The molecule has 0 radical (unpaired) electrons. The Morgan fingerprint density at radius 1 is 1.05 bits per heavy atom. The van der Waals surface area contributed by atoms with Crippen LogP contribution in [0.2, 0.25) is 0 Å². The van der Waals surface area contributed by atoms with Crippen molar-refractivity contribution < 1.29 is 14.2 Å². The van der Waals surface area contributed by atoms with E-state index in [2.05, 4.69) is 5.10 Å². The molecule has 114 valence electrons. The molecule has 2 rings (SSSR count). The number of halogens is 1. The molecule has 1 aromatic carbocycles. The zero-order chi connectivity index (χ0) is 15.4. The predicted octanol–water partition coefficient (Wildman–Crippen LogP) is 3.33. The van der Waals surface area contributed by atoms with Crippen LogP contribution < -0.4 is 14.2 Å². The molecule has 0 saturated carbocycles. The topological polar surface area (TPSA) is 45.5 Å². The molecule has 0 aliphatic rings. The highest BCUT2D eigenvalue weighted by Gasteiger charge is 2.16. The summed E-state index contributed by atoms with van der Waals surface area (Å²) < 4.78 is 17.9. The third-order valence-corrected chi connectivity index (χ3v) is 3.53. The molecule has 0 aliphatic carbocycles. The summed E-state index contributed by atoms with van der Waals surface area (Å²) in [5, 5.41) is 4.56. The van der Waals surface area contributed by atoms with E-state index in [1.165, 1.54) is 0 Å². The molecule has 0 saturated heterocycles. The number of alkyl halides is 1. The van der Waals surface area contributed by atoms with Crippen molar-refractivity contribution in [3.05, 3.63) is 23.9 Å². The van der Waals surface area contributed by atoms with E-state index in [4.69, 9.17) is 25.8 Å². The first-order valence-corrected chi connectivity index (χ1v) is 7.15. The lowest BCUT2D eigenvalue weighted by molar-refractivity contribution is 0.324. The van der Waals surface area contributed by atoms with Gasteiger partial charge < -0.3 is 14.2 Å². The van der Waals surface area contributed by atoms with E-state index >= 15 is 0 Å². The lowest BCUT2D eigenvalue weighted by Crippen LogP contribution is -2.00. The Bertz CT molecular complexity index is 579. The van der Waals surface area contributed by atoms with Gasteiger partial charge in [0, 0.05) is 12.1 Å². The zero-order valence-corrected chi connectivity index (χ0v) is 13.4. The summed E-state index contributed by atoms with van der Waals surface area (Å²) in [7, 11) is 4.77. The van der Waals surface area contributed by atoms with Gasteiger partial charge in [0.2, 0.25) is 5.75 Å². The van der Waals surface area contributed by atoms with Crippen molar-refractivity contribution >= 4 is 11.6 Å². The molecule has 21 heavy (non-hydrogen) atoms. The fourth-order valence-corrected chi connectivity index (χ4v) is 2.42. The van der Waals surface area contributed by atoms with Crippen LogP contribution in [-0.2, 0) is 12.4 Å². The van der Waals surface area contributed by atoms with Gasteiger partial charge in [0.1, 0.15) is 0 Å². The maximum absolute atomic E-state index is 5.95. The standard InChI is InChI=1S/C15H19ClN2O3/c1-5-18-11(9-16)8-12(17-18)10-6-13(19-2)15(21-4)14(7-10)20-3/h6-8H,5,9H2,1-4H3. The molecule has 0 fully saturated rings. The van der Waals surface area contributed by atoms with Gasteiger partial charge in [0.25, 0.3) is 0 Å². The van der Waals surface area contributed by atoms with Crippen LogP contribution in [0.25, 0.3) is 11.3 Å². The van der Waals surface area contributed by atoms with Crippen LogP contribution in [0.5, 0.6) is 17.2 Å². The van der Waals surface area contributed by atoms with Crippen LogP contribution in [0.1, 0.15) is 12.6 Å². The predicted molar refractivity (Wildman–Crippen MR) is 82.6 cm³/mol. The first-order chi connectivity index (χ1) is 10.2. The Morgan fingerprint density at radius 3 is 2.05 bits per heavy atom. The number of hydrogen-bond donors (Lipinski definition) is 0. The summed E-state index contributed by atoms with van der Waals surface area (Å²) in [6.45, 7) is 2.80. The molecule has 0 aliphatic heterocycles. The summed E-state index contributed by atoms with van der Waals surface area (Å²) in [5.41, 5.74) is 2.69. The van der Waals surface area contributed by atoms with E-state index in [-0.39, 0.29) is 0 Å². The quantitative estimate of drug-likeness (QED) is 0.768. The third-order valence-electron chi connectivity index (χ3n) is 3.26. The Balaban J connectivity index is 2.56. The SMILES string of the molecule is CCn1nc(-c2cc(OC)c(OC)c(OC)c2)cc1CCl. The average Bonchev–Trinajstić information content (AvgIpc) is 2.96. The molecule has 6 heteroatoms. The van der Waals surface area contributed by atoms with Crippen molar-refractivity contribution in [1.82, 2.24) is 9.78 Å². The normalized spacial score (nSPS) is 10.5. The summed E-state index contributed by atoms with van der Waals surface area (Å²) >= 11 is 5.95. The molecule has 0 spiro atoms. The van der Waals surface area contributed by atoms with Crippen LogP contribution in [0.3, 0.4) is 0 Å². The Labute approximate surface area is 129 Å². The van der Waals surface area contributed by atoms with Crippen molar-refractivity contribution in [3.63, 3.8) is 0 Å². The largest absolute Gasteiger partial charge is 0.493 e. The van der Waals surface area contributed by atoms with Crippen LogP contribution in [0, 0.1) is 0 Å². The van der Waals surface area contributed by atoms with E-state index in [9.17, 15) is 0 Å².